The summed E-state index contributed by atoms with van der Waals surface area (Å²) in [7, 11) is 0. The minimum absolute atomic E-state index is 0.0693. The van der Waals surface area contributed by atoms with Crippen LogP contribution in [0.15, 0.2) is 28.7 Å². The van der Waals surface area contributed by atoms with Crippen LogP contribution in [0.5, 0.6) is 0 Å². The second-order valence-electron chi connectivity index (χ2n) is 4.51. The highest BCUT2D eigenvalue weighted by Gasteiger charge is 2.34. The van der Waals surface area contributed by atoms with E-state index < -0.39 is 0 Å². The van der Waals surface area contributed by atoms with Crippen LogP contribution in [0.25, 0.3) is 0 Å². The Morgan fingerprint density at radius 1 is 1.36 bits per heavy atom. The van der Waals surface area contributed by atoms with Gasteiger partial charge in [-0.3, -0.25) is 0 Å². The summed E-state index contributed by atoms with van der Waals surface area (Å²) in [6, 6.07) is 8.43. The highest BCUT2D eigenvalue weighted by atomic mass is 79.9. The number of nitrogens with two attached hydrogens (primary N) is 1. The van der Waals surface area contributed by atoms with Crippen molar-refractivity contribution in [1.29, 1.82) is 0 Å². The van der Waals surface area contributed by atoms with Crippen molar-refractivity contribution < 1.29 is 0 Å². The van der Waals surface area contributed by atoms with Gasteiger partial charge in [-0.05, 0) is 42.9 Å². The fraction of sp³-hybridized carbons (Fsp3) is 0.500. The third kappa shape index (κ3) is 1.86. The van der Waals surface area contributed by atoms with Gasteiger partial charge < -0.3 is 5.73 Å². The number of halogens is 1. The van der Waals surface area contributed by atoms with E-state index in [4.69, 9.17) is 5.73 Å². The Bertz CT molecular complexity index is 320. The predicted octanol–water partition coefficient (Wildman–Crippen LogP) is 3.42. The molecule has 0 saturated heterocycles. The summed E-state index contributed by atoms with van der Waals surface area (Å²) >= 11 is 3.44. The number of rotatable bonds is 1. The monoisotopic (exact) mass is 253 g/mol. The molecule has 1 nitrogen and oxygen atoms in total. The molecular formula is C12H16BrN. The summed E-state index contributed by atoms with van der Waals surface area (Å²) in [6.07, 6.45) is 3.50. The summed E-state index contributed by atoms with van der Waals surface area (Å²) in [6.45, 7) is 2.29. The van der Waals surface area contributed by atoms with Crippen molar-refractivity contribution in [3.05, 3.63) is 34.3 Å². The van der Waals surface area contributed by atoms with Crippen molar-refractivity contribution in [2.75, 3.05) is 0 Å². The Hall–Kier alpha value is -0.340. The Morgan fingerprint density at radius 2 is 2.00 bits per heavy atom. The second-order valence-corrected chi connectivity index (χ2v) is 5.43. The van der Waals surface area contributed by atoms with Crippen molar-refractivity contribution >= 4 is 15.9 Å². The van der Waals surface area contributed by atoms with Gasteiger partial charge in [-0.2, -0.15) is 0 Å². The van der Waals surface area contributed by atoms with Gasteiger partial charge in [0, 0.05) is 10.0 Å². The fourth-order valence-corrected chi connectivity index (χ4v) is 2.64. The van der Waals surface area contributed by atoms with Crippen molar-refractivity contribution in [3.8, 4) is 0 Å². The molecule has 0 radical (unpaired) electrons. The van der Waals surface area contributed by atoms with E-state index in [0.29, 0.717) is 0 Å². The molecule has 1 aromatic carbocycles. The molecule has 1 fully saturated rings. The minimum atomic E-state index is -0.0693. The molecule has 2 N–H and O–H groups in total. The van der Waals surface area contributed by atoms with Gasteiger partial charge in [0.05, 0.1) is 0 Å². The molecule has 1 aliphatic carbocycles. The molecule has 1 saturated carbocycles. The smallest absolute Gasteiger partial charge is 0.0412 e. The predicted molar refractivity (Wildman–Crippen MR) is 63.0 cm³/mol. The standard InChI is InChI=1S/C12H16BrN/c1-9-6-7-12(14,8-9)10-2-4-11(13)5-3-10/h2-5,9H,6-8,14H2,1H3. The maximum absolute atomic E-state index is 6.41. The maximum Gasteiger partial charge on any atom is 0.0412 e. The highest BCUT2D eigenvalue weighted by molar-refractivity contribution is 9.10. The van der Waals surface area contributed by atoms with Crippen molar-refractivity contribution in [1.82, 2.24) is 0 Å². The van der Waals surface area contributed by atoms with Crippen LogP contribution in [0, 0.1) is 5.92 Å². The zero-order valence-electron chi connectivity index (χ0n) is 8.46. The zero-order valence-corrected chi connectivity index (χ0v) is 10.0. The van der Waals surface area contributed by atoms with Gasteiger partial charge in [-0.1, -0.05) is 35.0 Å². The van der Waals surface area contributed by atoms with E-state index in [2.05, 4.69) is 47.1 Å². The van der Waals surface area contributed by atoms with E-state index >= 15 is 0 Å². The first-order valence-electron chi connectivity index (χ1n) is 5.15. The van der Waals surface area contributed by atoms with Crippen LogP contribution < -0.4 is 5.73 Å². The first kappa shape index (κ1) is 10.2. The Balaban J connectivity index is 2.26. The topological polar surface area (TPSA) is 26.0 Å². The molecule has 2 unspecified atom stereocenters. The summed E-state index contributed by atoms with van der Waals surface area (Å²) in [5.41, 5.74) is 7.62. The lowest BCUT2D eigenvalue weighted by Gasteiger charge is -2.24. The average molecular weight is 254 g/mol. The normalized spacial score (nSPS) is 32.1. The van der Waals surface area contributed by atoms with Gasteiger partial charge >= 0.3 is 0 Å². The molecule has 0 bridgehead atoms. The van der Waals surface area contributed by atoms with E-state index in [1.165, 1.54) is 12.0 Å². The lowest BCUT2D eigenvalue weighted by atomic mass is 9.89. The van der Waals surface area contributed by atoms with Crippen molar-refractivity contribution in [3.63, 3.8) is 0 Å². The summed E-state index contributed by atoms with van der Waals surface area (Å²) in [4.78, 5) is 0. The quantitative estimate of drug-likeness (QED) is 0.816. The molecule has 2 heteroatoms. The molecule has 2 atom stereocenters. The largest absolute Gasteiger partial charge is 0.321 e. The first-order chi connectivity index (χ1) is 6.60. The number of benzene rings is 1. The van der Waals surface area contributed by atoms with Crippen LogP contribution in [0.1, 0.15) is 31.7 Å². The van der Waals surface area contributed by atoms with E-state index in [1.54, 1.807) is 0 Å². The second kappa shape index (κ2) is 3.67. The summed E-state index contributed by atoms with van der Waals surface area (Å²) < 4.78 is 1.12. The Kier molecular flexibility index (Phi) is 2.67. The molecule has 0 aliphatic heterocycles. The highest BCUT2D eigenvalue weighted by Crippen LogP contribution is 2.39. The fourth-order valence-electron chi connectivity index (χ4n) is 2.37. The lowest BCUT2D eigenvalue weighted by molar-refractivity contribution is 0.440. The maximum atomic E-state index is 6.41. The lowest BCUT2D eigenvalue weighted by Crippen LogP contribution is -2.33. The van der Waals surface area contributed by atoms with E-state index in [9.17, 15) is 0 Å². The van der Waals surface area contributed by atoms with Gasteiger partial charge in [-0.15, -0.1) is 0 Å². The van der Waals surface area contributed by atoms with E-state index in [-0.39, 0.29) is 5.54 Å². The average Bonchev–Trinajstić information content (AvgIpc) is 2.48. The molecule has 1 aromatic rings. The number of hydrogen-bond donors (Lipinski definition) is 1. The Morgan fingerprint density at radius 3 is 2.50 bits per heavy atom. The van der Waals surface area contributed by atoms with Crippen molar-refractivity contribution in [2.45, 2.75) is 31.7 Å². The van der Waals surface area contributed by atoms with Gasteiger partial charge in [0.2, 0.25) is 0 Å². The molecule has 1 aliphatic rings. The van der Waals surface area contributed by atoms with Crippen molar-refractivity contribution in [2.24, 2.45) is 11.7 Å². The SMILES string of the molecule is CC1CCC(N)(c2ccc(Br)cc2)C1. The van der Waals surface area contributed by atoms with Crippen LogP contribution in [-0.4, -0.2) is 0 Å². The summed E-state index contributed by atoms with van der Waals surface area (Å²) in [5, 5.41) is 0. The van der Waals surface area contributed by atoms with Crippen LogP contribution in [-0.2, 0) is 5.54 Å². The minimum Gasteiger partial charge on any atom is -0.321 e. The number of hydrogen-bond acceptors (Lipinski definition) is 1. The molecule has 14 heavy (non-hydrogen) atoms. The zero-order chi connectivity index (χ0) is 10.2. The molecule has 0 heterocycles. The molecular weight excluding hydrogens is 238 g/mol. The van der Waals surface area contributed by atoms with E-state index in [0.717, 1.165) is 23.2 Å². The van der Waals surface area contributed by atoms with E-state index in [1.807, 2.05) is 0 Å². The molecule has 0 aromatic heterocycles. The first-order valence-corrected chi connectivity index (χ1v) is 5.94. The van der Waals surface area contributed by atoms with Crippen LogP contribution in [0.3, 0.4) is 0 Å². The van der Waals surface area contributed by atoms with Crippen LogP contribution in [0.2, 0.25) is 0 Å². The molecule has 0 amide bonds. The molecule has 0 spiro atoms. The molecule has 76 valence electrons. The molecule has 2 rings (SSSR count). The Labute approximate surface area is 93.8 Å². The van der Waals surface area contributed by atoms with Gasteiger partial charge in [0.1, 0.15) is 0 Å². The third-order valence-electron chi connectivity index (χ3n) is 3.22. The van der Waals surface area contributed by atoms with Gasteiger partial charge in [-0.25, -0.2) is 0 Å². The summed E-state index contributed by atoms with van der Waals surface area (Å²) in [5.74, 6) is 0.767. The third-order valence-corrected chi connectivity index (χ3v) is 3.74. The van der Waals surface area contributed by atoms with Gasteiger partial charge in [0.25, 0.3) is 0 Å². The van der Waals surface area contributed by atoms with Crippen LogP contribution >= 0.6 is 15.9 Å². The van der Waals surface area contributed by atoms with Gasteiger partial charge in [0.15, 0.2) is 0 Å². The van der Waals surface area contributed by atoms with Crippen LogP contribution in [0.4, 0.5) is 0 Å².